The Balaban J connectivity index is 2.16. The molecule has 0 aliphatic carbocycles. The van der Waals surface area contributed by atoms with Crippen molar-refractivity contribution in [1.29, 1.82) is 0 Å². The van der Waals surface area contributed by atoms with Crippen molar-refractivity contribution in [3.8, 4) is 11.5 Å². The molecule has 3 rings (SSSR count). The molecule has 2 aromatic heterocycles. The fourth-order valence-electron chi connectivity index (χ4n) is 2.10. The highest BCUT2D eigenvalue weighted by atomic mass is 32.2. The summed E-state index contributed by atoms with van der Waals surface area (Å²) >= 11 is 1.35. The van der Waals surface area contributed by atoms with Gasteiger partial charge in [-0.15, -0.1) is 11.3 Å². The summed E-state index contributed by atoms with van der Waals surface area (Å²) in [7, 11) is -3.37. The maximum atomic E-state index is 11.5. The van der Waals surface area contributed by atoms with Crippen LogP contribution in [0.3, 0.4) is 0 Å². The van der Waals surface area contributed by atoms with Crippen LogP contribution in [-0.4, -0.2) is 31.4 Å². The van der Waals surface area contributed by atoms with Crippen LogP contribution in [0.4, 0.5) is 5.00 Å². The SMILES string of the molecule is Cc1noc(-c2c(NS(C)(=O)=O)sc3c2CCOC3)n1. The number of nitrogens with one attached hydrogen (secondary N) is 1. The fraction of sp³-hybridized carbons (Fsp3) is 0.455. The van der Waals surface area contributed by atoms with Crippen molar-refractivity contribution in [3.63, 3.8) is 0 Å². The lowest BCUT2D eigenvalue weighted by Gasteiger charge is -2.12. The van der Waals surface area contributed by atoms with Gasteiger partial charge in [0.1, 0.15) is 5.00 Å². The molecule has 0 saturated carbocycles. The minimum Gasteiger partial charge on any atom is -0.376 e. The fourth-order valence-corrected chi connectivity index (χ4v) is 4.19. The molecule has 0 amide bonds. The van der Waals surface area contributed by atoms with E-state index in [1.807, 2.05) is 0 Å². The van der Waals surface area contributed by atoms with Gasteiger partial charge < -0.3 is 9.26 Å². The van der Waals surface area contributed by atoms with E-state index in [9.17, 15) is 8.42 Å². The molecule has 2 aromatic rings. The lowest BCUT2D eigenvalue weighted by atomic mass is 10.1. The van der Waals surface area contributed by atoms with E-state index in [0.29, 0.717) is 41.9 Å². The monoisotopic (exact) mass is 315 g/mol. The first-order chi connectivity index (χ1) is 9.44. The van der Waals surface area contributed by atoms with Gasteiger partial charge >= 0.3 is 0 Å². The highest BCUT2D eigenvalue weighted by Crippen LogP contribution is 2.42. The third kappa shape index (κ3) is 2.56. The van der Waals surface area contributed by atoms with Crippen molar-refractivity contribution >= 4 is 26.4 Å². The summed E-state index contributed by atoms with van der Waals surface area (Å²) in [4.78, 5) is 5.20. The number of ether oxygens (including phenoxy) is 1. The van der Waals surface area contributed by atoms with Gasteiger partial charge in [0, 0.05) is 4.88 Å². The van der Waals surface area contributed by atoms with Crippen molar-refractivity contribution in [2.75, 3.05) is 17.6 Å². The molecule has 1 aliphatic heterocycles. The molecule has 1 N–H and O–H groups in total. The lowest BCUT2D eigenvalue weighted by Crippen LogP contribution is -2.10. The summed E-state index contributed by atoms with van der Waals surface area (Å²) in [5, 5.41) is 4.28. The molecule has 0 atom stereocenters. The third-order valence-electron chi connectivity index (χ3n) is 2.84. The van der Waals surface area contributed by atoms with E-state index in [2.05, 4.69) is 14.9 Å². The van der Waals surface area contributed by atoms with Crippen LogP contribution in [0.2, 0.25) is 0 Å². The molecule has 0 unspecified atom stereocenters. The first-order valence-corrected chi connectivity index (χ1v) is 8.65. The van der Waals surface area contributed by atoms with Crippen LogP contribution in [0.5, 0.6) is 0 Å². The first-order valence-electron chi connectivity index (χ1n) is 5.95. The van der Waals surface area contributed by atoms with E-state index < -0.39 is 10.0 Å². The second-order valence-electron chi connectivity index (χ2n) is 4.53. The Morgan fingerprint density at radius 2 is 2.20 bits per heavy atom. The number of anilines is 1. The number of fused-ring (bicyclic) bond motifs is 1. The second-order valence-corrected chi connectivity index (χ2v) is 7.39. The van der Waals surface area contributed by atoms with E-state index >= 15 is 0 Å². The topological polar surface area (TPSA) is 94.3 Å². The van der Waals surface area contributed by atoms with Crippen LogP contribution in [0, 0.1) is 6.92 Å². The Hall–Kier alpha value is -1.45. The minimum atomic E-state index is -3.37. The third-order valence-corrected chi connectivity index (χ3v) is 4.66. The standard InChI is InChI=1S/C11H13N3O4S2/c1-6-12-10(18-13-6)9-7-3-4-17-5-8(7)19-11(9)14-20(2,15)16/h14H,3-5H2,1-2H3. The summed E-state index contributed by atoms with van der Waals surface area (Å²) in [6.45, 7) is 2.80. The van der Waals surface area contributed by atoms with Gasteiger partial charge in [-0.2, -0.15) is 4.98 Å². The average Bonchev–Trinajstić information content (AvgIpc) is 2.90. The van der Waals surface area contributed by atoms with E-state index in [1.54, 1.807) is 6.92 Å². The summed E-state index contributed by atoms with van der Waals surface area (Å²) in [5.74, 6) is 0.852. The maximum absolute atomic E-state index is 11.5. The number of aromatic nitrogens is 2. The van der Waals surface area contributed by atoms with Gasteiger partial charge in [0.2, 0.25) is 10.0 Å². The van der Waals surface area contributed by atoms with E-state index in [1.165, 1.54) is 11.3 Å². The molecule has 1 aliphatic rings. The minimum absolute atomic E-state index is 0.341. The average molecular weight is 315 g/mol. The van der Waals surface area contributed by atoms with Gasteiger partial charge in [-0.3, -0.25) is 4.72 Å². The molecule has 0 radical (unpaired) electrons. The Kier molecular flexibility index (Phi) is 3.27. The van der Waals surface area contributed by atoms with Crippen LogP contribution in [0.15, 0.2) is 4.52 Å². The molecule has 0 bridgehead atoms. The summed E-state index contributed by atoms with van der Waals surface area (Å²) < 4.78 is 36.1. The van der Waals surface area contributed by atoms with E-state index in [4.69, 9.17) is 9.26 Å². The summed E-state index contributed by atoms with van der Waals surface area (Å²) in [6.07, 6.45) is 1.82. The molecule has 3 heterocycles. The summed E-state index contributed by atoms with van der Waals surface area (Å²) in [6, 6.07) is 0. The Bertz CT molecular complexity index is 748. The zero-order valence-electron chi connectivity index (χ0n) is 11.0. The molecule has 0 spiro atoms. The second kappa shape index (κ2) is 4.83. The van der Waals surface area contributed by atoms with Gasteiger partial charge in [0.15, 0.2) is 5.82 Å². The van der Waals surface area contributed by atoms with Crippen LogP contribution in [0.25, 0.3) is 11.5 Å². The van der Waals surface area contributed by atoms with Crippen molar-refractivity contribution in [1.82, 2.24) is 10.1 Å². The van der Waals surface area contributed by atoms with E-state index in [-0.39, 0.29) is 0 Å². The maximum Gasteiger partial charge on any atom is 0.261 e. The van der Waals surface area contributed by atoms with Crippen molar-refractivity contribution in [3.05, 3.63) is 16.3 Å². The van der Waals surface area contributed by atoms with Gasteiger partial charge in [-0.1, -0.05) is 5.16 Å². The van der Waals surface area contributed by atoms with Crippen LogP contribution in [0.1, 0.15) is 16.3 Å². The van der Waals surface area contributed by atoms with E-state index in [0.717, 1.165) is 16.7 Å². The van der Waals surface area contributed by atoms with Crippen LogP contribution < -0.4 is 4.72 Å². The highest BCUT2D eigenvalue weighted by molar-refractivity contribution is 7.92. The number of thiophene rings is 1. The number of rotatable bonds is 3. The molecular formula is C11H13N3O4S2. The van der Waals surface area contributed by atoms with Crippen molar-refractivity contribution in [2.45, 2.75) is 20.0 Å². The predicted octanol–water partition coefficient (Wildman–Crippen LogP) is 1.55. The van der Waals surface area contributed by atoms with Gasteiger partial charge in [0.05, 0.1) is 25.0 Å². The molecule has 0 saturated heterocycles. The number of hydrogen-bond acceptors (Lipinski definition) is 7. The smallest absolute Gasteiger partial charge is 0.261 e. The highest BCUT2D eigenvalue weighted by Gasteiger charge is 2.26. The largest absolute Gasteiger partial charge is 0.376 e. The normalized spacial score (nSPS) is 15.1. The number of sulfonamides is 1. The quantitative estimate of drug-likeness (QED) is 0.923. The lowest BCUT2D eigenvalue weighted by molar-refractivity contribution is 0.113. The first kappa shape index (κ1) is 13.5. The number of aryl methyl sites for hydroxylation is 1. The molecule has 0 fully saturated rings. The Morgan fingerprint density at radius 3 is 2.85 bits per heavy atom. The molecule has 108 valence electrons. The van der Waals surface area contributed by atoms with Crippen LogP contribution >= 0.6 is 11.3 Å². The Morgan fingerprint density at radius 1 is 1.40 bits per heavy atom. The molecule has 9 heteroatoms. The molecule has 0 aromatic carbocycles. The van der Waals surface area contributed by atoms with Gasteiger partial charge in [0.25, 0.3) is 5.89 Å². The zero-order valence-corrected chi connectivity index (χ0v) is 12.6. The summed E-state index contributed by atoms with van der Waals surface area (Å²) in [5.41, 5.74) is 1.70. The van der Waals surface area contributed by atoms with Gasteiger partial charge in [-0.25, -0.2) is 8.42 Å². The number of hydrogen-bond donors (Lipinski definition) is 1. The number of nitrogens with zero attached hydrogens (tertiary/aromatic N) is 2. The zero-order chi connectivity index (χ0) is 14.3. The van der Waals surface area contributed by atoms with Crippen molar-refractivity contribution < 1.29 is 17.7 Å². The van der Waals surface area contributed by atoms with Gasteiger partial charge in [-0.05, 0) is 18.9 Å². The van der Waals surface area contributed by atoms with Crippen LogP contribution in [-0.2, 0) is 27.8 Å². The predicted molar refractivity (Wildman–Crippen MR) is 74.2 cm³/mol. The Labute approximate surface area is 120 Å². The van der Waals surface area contributed by atoms with Crippen molar-refractivity contribution in [2.24, 2.45) is 0 Å². The molecular weight excluding hydrogens is 302 g/mol. The molecule has 7 nitrogen and oxygen atoms in total. The molecule has 20 heavy (non-hydrogen) atoms.